The van der Waals surface area contributed by atoms with Crippen molar-refractivity contribution >= 4 is 5.78 Å². The molecule has 0 saturated heterocycles. The van der Waals surface area contributed by atoms with Crippen molar-refractivity contribution in [3.8, 4) is 0 Å². The molecule has 0 amide bonds. The van der Waals surface area contributed by atoms with Crippen molar-refractivity contribution in [1.82, 2.24) is 0 Å². The van der Waals surface area contributed by atoms with Crippen LogP contribution in [0.1, 0.15) is 65.2 Å². The Kier molecular flexibility index (Phi) is 2.60. The van der Waals surface area contributed by atoms with Gasteiger partial charge in [0.25, 0.3) is 0 Å². The Morgan fingerprint density at radius 3 is 2.70 bits per heavy atom. The maximum absolute atomic E-state index is 14.5. The highest BCUT2D eigenvalue weighted by Crippen LogP contribution is 2.82. The van der Waals surface area contributed by atoms with Crippen LogP contribution < -0.4 is 0 Å². The van der Waals surface area contributed by atoms with Crippen LogP contribution in [0.2, 0.25) is 0 Å². The number of Topliss-reactive ketones (excluding diaryl/α,β-unsaturated/α-hetero) is 1. The van der Waals surface area contributed by atoms with Gasteiger partial charge in [-0.2, -0.15) is 0 Å². The Labute approximate surface area is 137 Å². The average molecular weight is 318 g/mol. The van der Waals surface area contributed by atoms with Crippen LogP contribution in [0.5, 0.6) is 0 Å². The highest BCUT2D eigenvalue weighted by molar-refractivity contribution is 5.95. The topological polar surface area (TPSA) is 37.3 Å². The minimum atomic E-state index is -0.401. The van der Waals surface area contributed by atoms with Crippen molar-refractivity contribution in [2.24, 2.45) is 34.0 Å². The summed E-state index contributed by atoms with van der Waals surface area (Å²) < 4.78 is 14.5. The molecule has 1 spiro atoms. The monoisotopic (exact) mass is 318 g/mol. The fourth-order valence-corrected chi connectivity index (χ4v) is 7.85. The minimum Gasteiger partial charge on any atom is -0.393 e. The quantitative estimate of drug-likeness (QED) is 0.727. The molecule has 126 valence electrons. The molecule has 7 atom stereocenters. The van der Waals surface area contributed by atoms with E-state index in [-0.39, 0.29) is 22.7 Å². The van der Waals surface area contributed by atoms with E-state index in [0.29, 0.717) is 29.6 Å². The lowest BCUT2D eigenvalue weighted by molar-refractivity contribution is -0.123. The minimum absolute atomic E-state index is 0.0828. The lowest BCUT2D eigenvalue weighted by Crippen LogP contribution is -2.54. The van der Waals surface area contributed by atoms with Crippen molar-refractivity contribution in [3.63, 3.8) is 0 Å². The van der Waals surface area contributed by atoms with Crippen LogP contribution in [-0.4, -0.2) is 17.0 Å². The third kappa shape index (κ3) is 1.44. The molecule has 23 heavy (non-hydrogen) atoms. The van der Waals surface area contributed by atoms with Crippen LogP contribution in [0.15, 0.2) is 11.4 Å². The van der Waals surface area contributed by atoms with Gasteiger partial charge in [-0.1, -0.05) is 13.8 Å². The Bertz CT molecular complexity index is 640. The normalized spacial score (nSPS) is 57.5. The van der Waals surface area contributed by atoms with Gasteiger partial charge < -0.3 is 5.11 Å². The fourth-order valence-electron chi connectivity index (χ4n) is 7.85. The molecule has 0 bridgehead atoms. The molecule has 1 N–H and O–H groups in total. The van der Waals surface area contributed by atoms with E-state index in [1.54, 1.807) is 0 Å². The van der Waals surface area contributed by atoms with Crippen LogP contribution in [0, 0.1) is 34.0 Å². The van der Waals surface area contributed by atoms with Gasteiger partial charge in [-0.3, -0.25) is 4.79 Å². The summed E-state index contributed by atoms with van der Waals surface area (Å²) in [5.74, 6) is 1.16. The molecule has 0 radical (unpaired) electrons. The van der Waals surface area contributed by atoms with Gasteiger partial charge in [-0.15, -0.1) is 0 Å². The Morgan fingerprint density at radius 2 is 1.91 bits per heavy atom. The summed E-state index contributed by atoms with van der Waals surface area (Å²) in [7, 11) is 0. The molecular formula is C20H27FO2. The number of fused-ring (bicyclic) bond motifs is 3. The van der Waals surface area contributed by atoms with Gasteiger partial charge in [0.2, 0.25) is 0 Å². The molecule has 4 fully saturated rings. The first-order valence-corrected chi connectivity index (χ1v) is 9.45. The molecular weight excluding hydrogens is 291 g/mol. The van der Waals surface area contributed by atoms with Crippen molar-refractivity contribution in [1.29, 1.82) is 0 Å². The first-order valence-electron chi connectivity index (χ1n) is 9.45. The van der Waals surface area contributed by atoms with Crippen molar-refractivity contribution in [2.45, 2.75) is 71.3 Å². The number of carbonyl (C=O) groups excluding carboxylic acids is 1. The second-order valence-corrected chi connectivity index (χ2v) is 9.53. The van der Waals surface area contributed by atoms with Gasteiger partial charge in [0.1, 0.15) is 0 Å². The highest BCUT2D eigenvalue weighted by Gasteiger charge is 2.77. The zero-order valence-electron chi connectivity index (χ0n) is 14.2. The highest BCUT2D eigenvalue weighted by atomic mass is 19.1. The maximum Gasteiger partial charge on any atom is 0.191 e. The summed E-state index contributed by atoms with van der Waals surface area (Å²) in [6.45, 7) is 4.55. The number of ketones is 1. The van der Waals surface area contributed by atoms with E-state index in [1.165, 1.54) is 6.42 Å². The number of hydrogen-bond donors (Lipinski definition) is 1. The van der Waals surface area contributed by atoms with Crippen LogP contribution >= 0.6 is 0 Å². The second-order valence-electron chi connectivity index (χ2n) is 9.53. The number of aliphatic hydroxyl groups is 1. The Balaban J connectivity index is 1.59. The van der Waals surface area contributed by atoms with Gasteiger partial charge in [0.15, 0.2) is 11.6 Å². The third-order valence-electron chi connectivity index (χ3n) is 9.18. The smallest absolute Gasteiger partial charge is 0.191 e. The van der Waals surface area contributed by atoms with Crippen molar-refractivity contribution < 1.29 is 14.3 Å². The van der Waals surface area contributed by atoms with E-state index in [4.69, 9.17) is 0 Å². The van der Waals surface area contributed by atoms with E-state index in [2.05, 4.69) is 13.8 Å². The summed E-state index contributed by atoms with van der Waals surface area (Å²) >= 11 is 0. The first-order chi connectivity index (χ1) is 10.8. The summed E-state index contributed by atoms with van der Waals surface area (Å²) in [4.78, 5) is 11.8. The van der Waals surface area contributed by atoms with Gasteiger partial charge in [0, 0.05) is 6.42 Å². The Hall–Kier alpha value is -0.700. The lowest BCUT2D eigenvalue weighted by atomic mass is 9.45. The summed E-state index contributed by atoms with van der Waals surface area (Å²) in [5.41, 5.74) is 1.13. The summed E-state index contributed by atoms with van der Waals surface area (Å²) in [6.07, 6.45) is 7.27. The molecule has 5 aliphatic carbocycles. The van der Waals surface area contributed by atoms with Gasteiger partial charge in [-0.25, -0.2) is 4.39 Å². The number of carbonyl (C=O) groups is 1. The molecule has 0 aromatic rings. The van der Waals surface area contributed by atoms with E-state index in [9.17, 15) is 14.3 Å². The predicted octanol–water partition coefficient (Wildman–Crippen LogP) is 4.18. The predicted molar refractivity (Wildman–Crippen MR) is 85.2 cm³/mol. The third-order valence-corrected chi connectivity index (χ3v) is 9.18. The summed E-state index contributed by atoms with van der Waals surface area (Å²) in [6, 6.07) is 0. The van der Waals surface area contributed by atoms with Gasteiger partial charge in [0.05, 0.1) is 6.10 Å². The number of rotatable bonds is 0. The zero-order valence-corrected chi connectivity index (χ0v) is 14.2. The number of hydrogen-bond acceptors (Lipinski definition) is 2. The van der Waals surface area contributed by atoms with Gasteiger partial charge >= 0.3 is 0 Å². The van der Waals surface area contributed by atoms with E-state index < -0.39 is 5.83 Å². The average Bonchev–Trinajstić information content (AvgIpc) is 3.17. The molecule has 0 aromatic heterocycles. The molecule has 2 nitrogen and oxygen atoms in total. The number of allylic oxidation sites excluding steroid dienone is 1. The second kappa shape index (κ2) is 4.09. The standard InChI is InChI=1S/C20H27FO2/c1-18-7-6-15(22)17(21)14(18)4-3-13-12(18)5-8-19(2)16(23)9-11-10-20(11,13)19/h11-13,16,23H,3-10H2,1-2H3/t11-,12?,13?,16-,18-,19-,20+/m1/s1. The van der Waals surface area contributed by atoms with Crippen LogP contribution in [0.25, 0.3) is 0 Å². The molecule has 0 aromatic carbocycles. The first kappa shape index (κ1) is 14.6. The molecule has 2 unspecified atom stereocenters. The molecule has 0 heterocycles. The van der Waals surface area contributed by atoms with Crippen LogP contribution in [0.3, 0.4) is 0 Å². The van der Waals surface area contributed by atoms with Crippen LogP contribution in [0.4, 0.5) is 4.39 Å². The van der Waals surface area contributed by atoms with Crippen molar-refractivity contribution in [2.75, 3.05) is 0 Å². The Morgan fingerprint density at radius 1 is 1.13 bits per heavy atom. The molecule has 4 saturated carbocycles. The van der Waals surface area contributed by atoms with Crippen LogP contribution in [-0.2, 0) is 4.79 Å². The maximum atomic E-state index is 14.5. The fraction of sp³-hybridized carbons (Fsp3) is 0.850. The lowest BCUT2D eigenvalue weighted by Gasteiger charge is -2.59. The number of aliphatic hydroxyl groups excluding tert-OH is 1. The molecule has 5 aliphatic rings. The van der Waals surface area contributed by atoms with Crippen molar-refractivity contribution in [3.05, 3.63) is 11.4 Å². The summed E-state index contributed by atoms with van der Waals surface area (Å²) in [5, 5.41) is 10.6. The SMILES string of the molecule is C[C@]12CCC(=O)C(F)=C1CCC1C2CC[C@]2(C)[C@H](O)C[C@@H]3C[C@@]132. The number of halogens is 1. The zero-order chi connectivity index (χ0) is 16.2. The molecule has 3 heteroatoms. The van der Waals surface area contributed by atoms with Gasteiger partial charge in [-0.05, 0) is 84.5 Å². The molecule has 0 aliphatic heterocycles. The van der Waals surface area contributed by atoms with E-state index >= 15 is 0 Å². The largest absolute Gasteiger partial charge is 0.393 e. The van der Waals surface area contributed by atoms with E-state index in [0.717, 1.165) is 44.1 Å². The van der Waals surface area contributed by atoms with E-state index in [1.807, 2.05) is 0 Å². The molecule has 5 rings (SSSR count).